The van der Waals surface area contributed by atoms with Crippen LogP contribution >= 0.6 is 0 Å². The molecule has 2 aromatic carbocycles. The number of esters is 1. The van der Waals surface area contributed by atoms with Gasteiger partial charge in [0.25, 0.3) is 5.69 Å². The lowest BCUT2D eigenvalue weighted by atomic mass is 10.1. The van der Waals surface area contributed by atoms with E-state index in [1.165, 1.54) is 30.3 Å². The van der Waals surface area contributed by atoms with Gasteiger partial charge in [-0.2, -0.15) is 0 Å². The van der Waals surface area contributed by atoms with Crippen molar-refractivity contribution in [2.75, 3.05) is 18.0 Å². The van der Waals surface area contributed by atoms with Crippen molar-refractivity contribution in [2.24, 2.45) is 0 Å². The van der Waals surface area contributed by atoms with Gasteiger partial charge in [0.1, 0.15) is 11.5 Å². The number of aromatic hydroxyl groups is 1. The first-order valence-electron chi connectivity index (χ1n) is 8.58. The Balaban J connectivity index is 2.13. The molecule has 0 amide bonds. The molecular weight excluding hydrogens is 348 g/mol. The van der Waals surface area contributed by atoms with Gasteiger partial charge < -0.3 is 14.7 Å². The maximum absolute atomic E-state index is 12.2. The molecular formula is C20H22N2O5. The van der Waals surface area contributed by atoms with Gasteiger partial charge in [0.2, 0.25) is 0 Å². The number of nitro groups is 1. The van der Waals surface area contributed by atoms with Gasteiger partial charge in [-0.15, -0.1) is 0 Å². The van der Waals surface area contributed by atoms with Crippen LogP contribution in [0.2, 0.25) is 0 Å². The maximum Gasteiger partial charge on any atom is 0.339 e. The highest BCUT2D eigenvalue weighted by Gasteiger charge is 2.12. The van der Waals surface area contributed by atoms with E-state index in [0.717, 1.165) is 18.8 Å². The standard InChI is InChI=1S/C20H22N2O5/c1-4-21(5-2)17-7-6-15(19(23)13-17)12-14(3)20(24)27-18-10-8-16(9-11-18)22(25)26/h6-13,23H,4-5H2,1-3H3/b14-12+. The van der Waals surface area contributed by atoms with Crippen molar-refractivity contribution in [1.82, 2.24) is 0 Å². The maximum atomic E-state index is 12.2. The number of hydrogen-bond acceptors (Lipinski definition) is 6. The number of ether oxygens (including phenoxy) is 1. The molecule has 7 nitrogen and oxygen atoms in total. The molecule has 0 aliphatic rings. The third-order valence-electron chi connectivity index (χ3n) is 4.09. The molecule has 0 aliphatic heterocycles. The van der Waals surface area contributed by atoms with E-state index >= 15 is 0 Å². The minimum atomic E-state index is -0.601. The van der Waals surface area contributed by atoms with E-state index < -0.39 is 10.9 Å². The minimum Gasteiger partial charge on any atom is -0.507 e. The SMILES string of the molecule is CCN(CC)c1ccc(/C=C(\C)C(=O)Oc2ccc([N+](=O)[O-])cc2)c(O)c1. The van der Waals surface area contributed by atoms with Crippen LogP contribution in [0.1, 0.15) is 26.3 Å². The molecule has 0 fully saturated rings. The van der Waals surface area contributed by atoms with Crippen molar-refractivity contribution < 1.29 is 19.6 Å². The number of non-ortho nitro benzene ring substituents is 1. The third kappa shape index (κ3) is 5.07. The van der Waals surface area contributed by atoms with Gasteiger partial charge >= 0.3 is 5.97 Å². The van der Waals surface area contributed by atoms with Crippen LogP contribution in [0.25, 0.3) is 6.08 Å². The molecule has 0 radical (unpaired) electrons. The first-order chi connectivity index (χ1) is 12.8. The lowest BCUT2D eigenvalue weighted by Crippen LogP contribution is -2.21. The van der Waals surface area contributed by atoms with Gasteiger partial charge in [0, 0.05) is 48.1 Å². The van der Waals surface area contributed by atoms with E-state index in [-0.39, 0.29) is 17.2 Å². The topological polar surface area (TPSA) is 92.9 Å². The Kier molecular flexibility index (Phi) is 6.54. The zero-order chi connectivity index (χ0) is 20.0. The summed E-state index contributed by atoms with van der Waals surface area (Å²) in [5, 5.41) is 20.9. The first kappa shape index (κ1) is 20.0. The lowest BCUT2D eigenvalue weighted by molar-refractivity contribution is -0.384. The number of benzene rings is 2. The molecule has 0 bridgehead atoms. The van der Waals surface area contributed by atoms with E-state index in [2.05, 4.69) is 4.90 Å². The highest BCUT2D eigenvalue weighted by atomic mass is 16.6. The van der Waals surface area contributed by atoms with Crippen molar-refractivity contribution >= 4 is 23.4 Å². The summed E-state index contributed by atoms with van der Waals surface area (Å²) in [5.41, 5.74) is 1.62. The summed E-state index contributed by atoms with van der Waals surface area (Å²) in [4.78, 5) is 24.4. The molecule has 0 unspecified atom stereocenters. The number of carbonyl (C=O) groups is 1. The fraction of sp³-hybridized carbons (Fsp3) is 0.250. The van der Waals surface area contributed by atoms with Crippen LogP contribution in [0.5, 0.6) is 11.5 Å². The summed E-state index contributed by atoms with van der Waals surface area (Å²) in [6, 6.07) is 10.5. The van der Waals surface area contributed by atoms with E-state index in [1.54, 1.807) is 19.1 Å². The fourth-order valence-corrected chi connectivity index (χ4v) is 2.56. The van der Waals surface area contributed by atoms with Crippen LogP contribution in [-0.2, 0) is 4.79 Å². The Morgan fingerprint density at radius 3 is 2.33 bits per heavy atom. The number of nitrogens with zero attached hydrogens (tertiary/aromatic N) is 2. The van der Waals surface area contributed by atoms with Crippen LogP contribution in [0.15, 0.2) is 48.0 Å². The Bertz CT molecular complexity index is 855. The second-order valence-corrected chi connectivity index (χ2v) is 5.88. The highest BCUT2D eigenvalue weighted by molar-refractivity contribution is 5.94. The third-order valence-corrected chi connectivity index (χ3v) is 4.09. The van der Waals surface area contributed by atoms with Crippen molar-refractivity contribution in [2.45, 2.75) is 20.8 Å². The van der Waals surface area contributed by atoms with Gasteiger partial charge in [-0.3, -0.25) is 10.1 Å². The van der Waals surface area contributed by atoms with Gasteiger partial charge in [0.05, 0.1) is 4.92 Å². The summed E-state index contributed by atoms with van der Waals surface area (Å²) in [5.74, 6) is -0.322. The number of nitro benzene ring substituents is 1. The largest absolute Gasteiger partial charge is 0.507 e. The summed E-state index contributed by atoms with van der Waals surface area (Å²) in [7, 11) is 0. The predicted molar refractivity (Wildman–Crippen MR) is 104 cm³/mol. The second-order valence-electron chi connectivity index (χ2n) is 5.88. The molecule has 0 aromatic heterocycles. The summed E-state index contributed by atoms with van der Waals surface area (Å²) >= 11 is 0. The molecule has 0 aliphatic carbocycles. The average Bonchev–Trinajstić information content (AvgIpc) is 2.65. The number of rotatable bonds is 7. The van der Waals surface area contributed by atoms with Crippen LogP contribution in [0.3, 0.4) is 0 Å². The summed E-state index contributed by atoms with van der Waals surface area (Å²) < 4.78 is 5.20. The van der Waals surface area contributed by atoms with Gasteiger partial charge in [-0.05, 0) is 51.1 Å². The highest BCUT2D eigenvalue weighted by Crippen LogP contribution is 2.27. The molecule has 27 heavy (non-hydrogen) atoms. The average molecular weight is 370 g/mol. The molecule has 7 heteroatoms. The summed E-state index contributed by atoms with van der Waals surface area (Å²) in [6.45, 7) is 7.29. The quantitative estimate of drug-likeness (QED) is 0.259. The summed E-state index contributed by atoms with van der Waals surface area (Å²) in [6.07, 6.45) is 1.54. The molecule has 0 heterocycles. The predicted octanol–water partition coefficient (Wildman–Crippen LogP) is 4.16. The van der Waals surface area contributed by atoms with Crippen LogP contribution in [0, 0.1) is 10.1 Å². The Hall–Kier alpha value is -3.35. The zero-order valence-electron chi connectivity index (χ0n) is 15.5. The lowest BCUT2D eigenvalue weighted by Gasteiger charge is -2.21. The smallest absolute Gasteiger partial charge is 0.339 e. The monoisotopic (exact) mass is 370 g/mol. The second kappa shape index (κ2) is 8.84. The Morgan fingerprint density at radius 1 is 1.19 bits per heavy atom. The van der Waals surface area contributed by atoms with Crippen molar-refractivity contribution in [3.8, 4) is 11.5 Å². The van der Waals surface area contributed by atoms with E-state index in [4.69, 9.17) is 4.74 Å². The zero-order valence-corrected chi connectivity index (χ0v) is 15.5. The number of anilines is 1. The van der Waals surface area contributed by atoms with Gasteiger partial charge in [0.15, 0.2) is 0 Å². The Morgan fingerprint density at radius 2 is 1.81 bits per heavy atom. The van der Waals surface area contributed by atoms with E-state index in [9.17, 15) is 20.0 Å². The van der Waals surface area contributed by atoms with Gasteiger partial charge in [-0.1, -0.05) is 0 Å². The van der Waals surface area contributed by atoms with Crippen molar-refractivity contribution in [3.63, 3.8) is 0 Å². The molecule has 0 saturated heterocycles. The van der Waals surface area contributed by atoms with E-state index in [1.807, 2.05) is 19.9 Å². The van der Waals surface area contributed by atoms with Crippen molar-refractivity contribution in [1.29, 1.82) is 0 Å². The Labute approximate surface area is 157 Å². The first-order valence-corrected chi connectivity index (χ1v) is 8.58. The normalized spacial score (nSPS) is 11.1. The molecule has 0 saturated carbocycles. The van der Waals surface area contributed by atoms with Crippen molar-refractivity contribution in [3.05, 3.63) is 63.7 Å². The number of hydrogen-bond donors (Lipinski definition) is 1. The fourth-order valence-electron chi connectivity index (χ4n) is 2.56. The molecule has 2 aromatic rings. The molecule has 142 valence electrons. The van der Waals surface area contributed by atoms with Crippen LogP contribution in [0.4, 0.5) is 11.4 Å². The number of carbonyl (C=O) groups excluding carboxylic acids is 1. The number of phenols is 1. The van der Waals surface area contributed by atoms with Crippen LogP contribution < -0.4 is 9.64 Å². The molecule has 2 rings (SSSR count). The van der Waals surface area contributed by atoms with Crippen LogP contribution in [-0.4, -0.2) is 29.1 Å². The van der Waals surface area contributed by atoms with E-state index in [0.29, 0.717) is 11.1 Å². The number of phenolic OH excluding ortho intramolecular Hbond substituents is 1. The molecule has 0 atom stereocenters. The molecule has 0 spiro atoms. The van der Waals surface area contributed by atoms with Gasteiger partial charge in [-0.25, -0.2) is 4.79 Å². The molecule has 1 N–H and O–H groups in total. The minimum absolute atomic E-state index is 0.0712.